The van der Waals surface area contributed by atoms with E-state index < -0.39 is 29.9 Å². The number of hydrogen-bond acceptors (Lipinski definition) is 19. The first-order chi connectivity index (χ1) is 47.6. The molecule has 2 heterocycles. The fraction of sp³-hybridized carbons (Fsp3) is 0.680. The summed E-state index contributed by atoms with van der Waals surface area (Å²) >= 11 is 0. The first kappa shape index (κ1) is 82.2. The topological polar surface area (TPSA) is 278 Å². The van der Waals surface area contributed by atoms with Crippen molar-refractivity contribution >= 4 is 52.3 Å². The Morgan fingerprint density at radius 2 is 1.17 bits per heavy atom. The molecule has 1 aliphatic heterocycles. The molecule has 5 rings (SSSR count). The maximum atomic E-state index is 14.0. The predicted octanol–water partition coefficient (Wildman–Crippen LogP) is 9.02. The van der Waals surface area contributed by atoms with E-state index in [4.69, 9.17) is 42.6 Å². The molecule has 544 valence electrons. The monoisotopic (exact) mass is 1370 g/mol. The van der Waals surface area contributed by atoms with Gasteiger partial charge in [0.25, 0.3) is 0 Å². The Morgan fingerprint density at radius 1 is 0.592 bits per heavy atom. The summed E-state index contributed by atoms with van der Waals surface area (Å²) in [4.78, 5) is 107. The van der Waals surface area contributed by atoms with E-state index in [1.165, 1.54) is 0 Å². The van der Waals surface area contributed by atoms with Gasteiger partial charge >= 0.3 is 0 Å². The van der Waals surface area contributed by atoms with Gasteiger partial charge in [0.15, 0.2) is 5.78 Å². The molecule has 2 aliphatic rings. The number of nitrogens with zero attached hydrogens (tertiary/aromatic N) is 4. The minimum Gasteiger partial charge on any atom is -0.379 e. The molecule has 1 unspecified atom stereocenters. The largest absolute Gasteiger partial charge is 0.379 e. The summed E-state index contributed by atoms with van der Waals surface area (Å²) < 4.78 is 53.2. The number of unbranched alkanes of at least 4 members (excludes halogenated alkanes) is 2. The highest BCUT2D eigenvalue weighted by Gasteiger charge is 2.32. The Labute approximate surface area is 581 Å². The van der Waals surface area contributed by atoms with Gasteiger partial charge in [-0.15, -0.1) is 5.10 Å². The molecule has 0 fully saturated rings. The van der Waals surface area contributed by atoms with Crippen molar-refractivity contribution < 1.29 is 81.0 Å². The Balaban J connectivity index is 0.934. The Kier molecular flexibility index (Phi) is 41.2. The first-order valence-corrected chi connectivity index (χ1v) is 35.9. The zero-order chi connectivity index (χ0) is 70.5. The summed E-state index contributed by atoms with van der Waals surface area (Å²) in [6.07, 6.45) is 9.49. The minimum atomic E-state index is -0.838. The van der Waals surface area contributed by atoms with Crippen LogP contribution in [0.4, 0.5) is 5.69 Å². The van der Waals surface area contributed by atoms with E-state index in [9.17, 15) is 38.4 Å². The van der Waals surface area contributed by atoms with Crippen molar-refractivity contribution in [2.24, 2.45) is 23.7 Å². The van der Waals surface area contributed by atoms with E-state index in [-0.39, 0.29) is 111 Å². The number of carbonyl (C=O) groups excluding carboxylic acids is 8. The van der Waals surface area contributed by atoms with Crippen molar-refractivity contribution in [3.8, 4) is 11.8 Å². The zero-order valence-electron chi connectivity index (χ0n) is 59.4. The molecular formula is C75H112N6O17. The lowest BCUT2D eigenvalue weighted by atomic mass is 9.87. The highest BCUT2D eigenvalue weighted by molar-refractivity contribution is 5.97. The van der Waals surface area contributed by atoms with Gasteiger partial charge in [-0.1, -0.05) is 115 Å². The zero-order valence-corrected chi connectivity index (χ0v) is 59.4. The predicted molar refractivity (Wildman–Crippen MR) is 370 cm³/mol. The number of ether oxygens (including phenoxy) is 9. The quantitative estimate of drug-likeness (QED) is 0.0394. The highest BCUT2D eigenvalue weighted by atomic mass is 16.6. The number of anilines is 1. The van der Waals surface area contributed by atoms with Crippen LogP contribution >= 0.6 is 0 Å². The molecule has 0 saturated carbocycles. The molecule has 1 aromatic heterocycles. The molecular weight excluding hydrogens is 1260 g/mol. The van der Waals surface area contributed by atoms with E-state index in [2.05, 4.69) is 39.7 Å². The third-order valence-electron chi connectivity index (χ3n) is 17.1. The van der Waals surface area contributed by atoms with E-state index >= 15 is 0 Å². The number of fused-ring (bicyclic) bond motifs is 3. The standard InChI is InChI=1S/C75H112N6O17/c1-7-8-23-64(83)32-37-91-41-45-95-50-51-97-47-43-93-39-35-81-67-26-10-9-11-27-69(73(67)78-79-81)98-55-70(86)76-34-17-16-21-61(75(89)77-72(56(2)3)68(85)52-58(6)74(88)57(4)5)53-65(84)33-38-92-42-46-96-49-48-94-44-40-90-36-18-24-63(82)30-31-71(87)80-54-62-22-13-12-19-59(62)28-29-60-20-14-15-25-66(60)80/h12-15,19-20,22,25,56-58,61,69,72H,7-11,16-18,21,23-24,26-27,30-55H2,1-6H3,(H,76,86)(H,77,89)/t58-,61+,69?,72+/m1/s1. The van der Waals surface area contributed by atoms with E-state index in [1.807, 2.05) is 67.1 Å². The average molecular weight is 1370 g/mol. The number of nitrogens with one attached hydrogen (secondary N) is 2. The molecule has 1 aliphatic carbocycles. The Bertz CT molecular complexity index is 2940. The normalized spacial score (nSPS) is 14.5. The molecule has 0 spiro atoms. The van der Waals surface area contributed by atoms with Gasteiger partial charge in [-0.3, -0.25) is 38.4 Å². The molecule has 0 radical (unpaired) electrons. The number of carbonyl (C=O) groups is 8. The molecule has 2 aromatic carbocycles. The van der Waals surface area contributed by atoms with Crippen LogP contribution in [-0.2, 0) is 100 Å². The van der Waals surface area contributed by atoms with Gasteiger partial charge in [0.05, 0.1) is 130 Å². The number of ketones is 5. The smallest absolute Gasteiger partial charge is 0.246 e. The summed E-state index contributed by atoms with van der Waals surface area (Å²) in [6, 6.07) is 14.5. The molecule has 2 N–H and O–H groups in total. The SMILES string of the molecule is CCCCC(=O)CCOCCOCCOCCOCCn1nnc2c1CCCCCC2OCC(=O)NCCCC[C@@H](CC(=O)CCOCCOCCOCCOCCCC(=O)CCC(=O)N1Cc2ccccc2C#Cc2ccccc21)C(=O)N[C@H](C(=O)C[C@@H](C)C(=O)C(C)C)C(C)C. The maximum absolute atomic E-state index is 14.0. The number of hydrogen-bond donors (Lipinski definition) is 2. The van der Waals surface area contributed by atoms with Crippen molar-refractivity contribution in [3.05, 3.63) is 76.6 Å². The number of Topliss-reactive ketones (excluding diaryl/α,β-unsaturated/α-hetero) is 5. The summed E-state index contributed by atoms with van der Waals surface area (Å²) in [6.45, 7) is 17.9. The summed E-state index contributed by atoms with van der Waals surface area (Å²) in [5, 5.41) is 14.8. The van der Waals surface area contributed by atoms with Crippen molar-refractivity contribution in [2.75, 3.05) is 124 Å². The van der Waals surface area contributed by atoms with Gasteiger partial charge in [0.2, 0.25) is 17.7 Å². The van der Waals surface area contributed by atoms with E-state index in [1.54, 1.807) is 25.7 Å². The van der Waals surface area contributed by atoms with Crippen LogP contribution in [0.25, 0.3) is 0 Å². The second kappa shape index (κ2) is 49.1. The van der Waals surface area contributed by atoms with Crippen LogP contribution in [0.2, 0.25) is 0 Å². The fourth-order valence-electron chi connectivity index (χ4n) is 11.4. The van der Waals surface area contributed by atoms with Crippen LogP contribution in [0, 0.1) is 35.5 Å². The molecule has 23 heteroatoms. The van der Waals surface area contributed by atoms with Gasteiger partial charge in [-0.2, -0.15) is 0 Å². The Hall–Kier alpha value is -6.46. The molecule has 23 nitrogen and oxygen atoms in total. The summed E-state index contributed by atoms with van der Waals surface area (Å²) in [5.74, 6) is 3.69. The molecule has 0 bridgehead atoms. The first-order valence-electron chi connectivity index (χ1n) is 35.9. The lowest BCUT2D eigenvalue weighted by Gasteiger charge is -2.26. The fourth-order valence-corrected chi connectivity index (χ4v) is 11.4. The summed E-state index contributed by atoms with van der Waals surface area (Å²) in [5.41, 5.74) is 5.08. The van der Waals surface area contributed by atoms with Gasteiger partial charge < -0.3 is 58.2 Å². The minimum absolute atomic E-state index is 0.00210. The van der Waals surface area contributed by atoms with Crippen LogP contribution in [-0.4, -0.2) is 187 Å². The van der Waals surface area contributed by atoms with Crippen LogP contribution in [0.3, 0.4) is 0 Å². The van der Waals surface area contributed by atoms with Crippen LogP contribution in [0.5, 0.6) is 0 Å². The maximum Gasteiger partial charge on any atom is 0.246 e. The number of benzene rings is 2. The lowest BCUT2D eigenvalue weighted by Crippen LogP contribution is -2.47. The number of aromatic nitrogens is 3. The molecule has 0 saturated heterocycles. The van der Waals surface area contributed by atoms with Crippen molar-refractivity contribution in [1.82, 2.24) is 25.6 Å². The highest BCUT2D eigenvalue weighted by Crippen LogP contribution is 2.30. The lowest BCUT2D eigenvalue weighted by molar-refractivity contribution is -0.135. The molecule has 98 heavy (non-hydrogen) atoms. The average Bonchev–Trinajstić information content (AvgIpc) is 1.15. The Morgan fingerprint density at radius 3 is 1.83 bits per heavy atom. The second-order valence-electron chi connectivity index (χ2n) is 25.8. The number of para-hydroxylation sites is 1. The van der Waals surface area contributed by atoms with E-state index in [0.717, 1.165) is 72.3 Å². The van der Waals surface area contributed by atoms with E-state index in [0.29, 0.717) is 157 Å². The van der Waals surface area contributed by atoms with Crippen molar-refractivity contribution in [2.45, 2.75) is 189 Å². The third-order valence-corrected chi connectivity index (χ3v) is 17.1. The van der Waals surface area contributed by atoms with Gasteiger partial charge in [0.1, 0.15) is 41.5 Å². The van der Waals surface area contributed by atoms with Crippen LogP contribution < -0.4 is 15.5 Å². The number of amides is 3. The van der Waals surface area contributed by atoms with Gasteiger partial charge in [-0.25, -0.2) is 4.68 Å². The van der Waals surface area contributed by atoms with Crippen LogP contribution in [0.15, 0.2) is 48.5 Å². The van der Waals surface area contributed by atoms with Gasteiger partial charge in [-0.05, 0) is 74.6 Å². The third kappa shape index (κ3) is 32.7. The van der Waals surface area contributed by atoms with Crippen molar-refractivity contribution in [3.63, 3.8) is 0 Å². The number of rotatable bonds is 55. The second-order valence-corrected chi connectivity index (χ2v) is 25.8. The van der Waals surface area contributed by atoms with Gasteiger partial charge in [0, 0.05) is 93.4 Å². The summed E-state index contributed by atoms with van der Waals surface area (Å²) in [7, 11) is 0. The molecule has 3 amide bonds. The molecule has 4 atom stereocenters. The van der Waals surface area contributed by atoms with Crippen LogP contribution in [0.1, 0.15) is 191 Å². The van der Waals surface area contributed by atoms with Crippen molar-refractivity contribution in [1.29, 1.82) is 0 Å². The molecule has 3 aromatic rings.